The highest BCUT2D eigenvalue weighted by atomic mass is 127. The molecule has 0 aromatic carbocycles. The smallest absolute Gasteiger partial charge is 0.191 e. The van der Waals surface area contributed by atoms with Crippen LogP contribution in [0.2, 0.25) is 0 Å². The van der Waals surface area contributed by atoms with Gasteiger partial charge < -0.3 is 20.6 Å². The molecular weight excluding hydrogens is 403 g/mol. The number of aliphatic hydroxyl groups is 1. The van der Waals surface area contributed by atoms with Gasteiger partial charge in [-0.25, -0.2) is 0 Å². The van der Waals surface area contributed by atoms with Crippen molar-refractivity contribution < 1.29 is 5.11 Å². The van der Waals surface area contributed by atoms with Crippen molar-refractivity contribution in [3.63, 3.8) is 0 Å². The van der Waals surface area contributed by atoms with Gasteiger partial charge in [0.2, 0.25) is 0 Å². The topological polar surface area (TPSA) is 59.9 Å². The summed E-state index contributed by atoms with van der Waals surface area (Å²) in [6, 6.07) is 0.455. The Morgan fingerprint density at radius 2 is 1.74 bits per heavy atom. The van der Waals surface area contributed by atoms with Crippen LogP contribution in [0.3, 0.4) is 0 Å². The molecule has 0 radical (unpaired) electrons. The fourth-order valence-electron chi connectivity index (χ4n) is 2.91. The van der Waals surface area contributed by atoms with Crippen molar-refractivity contribution in [2.24, 2.45) is 4.99 Å². The van der Waals surface area contributed by atoms with E-state index in [-0.39, 0.29) is 30.1 Å². The van der Waals surface area contributed by atoms with Crippen LogP contribution in [0.4, 0.5) is 0 Å². The molecule has 3 N–H and O–H groups in total. The number of aliphatic imine (C=N–C) groups is 1. The molecule has 1 fully saturated rings. The third kappa shape index (κ3) is 10.4. The third-order valence-electron chi connectivity index (χ3n) is 4.43. The lowest BCUT2D eigenvalue weighted by Crippen LogP contribution is -2.45. The summed E-state index contributed by atoms with van der Waals surface area (Å²) < 4.78 is 0. The fourth-order valence-corrected chi connectivity index (χ4v) is 2.91. The summed E-state index contributed by atoms with van der Waals surface area (Å²) in [6.07, 6.45) is 6.12. The van der Waals surface area contributed by atoms with Crippen LogP contribution in [-0.4, -0.2) is 60.8 Å². The van der Waals surface area contributed by atoms with Crippen molar-refractivity contribution in [2.75, 3.05) is 32.7 Å². The molecule has 0 aliphatic heterocycles. The van der Waals surface area contributed by atoms with Crippen LogP contribution in [0.1, 0.15) is 59.3 Å². The number of rotatable bonds is 9. The lowest BCUT2D eigenvalue weighted by Gasteiger charge is -2.27. The van der Waals surface area contributed by atoms with E-state index in [0.717, 1.165) is 64.2 Å². The van der Waals surface area contributed by atoms with Crippen LogP contribution in [0.5, 0.6) is 0 Å². The quantitative estimate of drug-likeness (QED) is 0.223. The number of hydrogen-bond acceptors (Lipinski definition) is 3. The van der Waals surface area contributed by atoms with Crippen LogP contribution in [0, 0.1) is 0 Å². The maximum absolute atomic E-state index is 9.57. The number of hydrogen-bond donors (Lipinski definition) is 3. The Morgan fingerprint density at radius 3 is 2.30 bits per heavy atom. The van der Waals surface area contributed by atoms with Gasteiger partial charge in [-0.1, -0.05) is 13.8 Å². The average Bonchev–Trinajstić information content (AvgIpc) is 2.53. The first-order valence-electron chi connectivity index (χ1n) is 9.14. The molecule has 1 saturated carbocycles. The van der Waals surface area contributed by atoms with Crippen LogP contribution in [0.15, 0.2) is 4.99 Å². The molecule has 0 amide bonds. The zero-order valence-electron chi connectivity index (χ0n) is 15.2. The summed E-state index contributed by atoms with van der Waals surface area (Å²) in [5.74, 6) is 0.937. The van der Waals surface area contributed by atoms with E-state index in [0.29, 0.717) is 6.04 Å². The summed E-state index contributed by atoms with van der Waals surface area (Å²) in [6.45, 7) is 11.8. The molecule has 0 bridgehead atoms. The normalized spacial score (nSPS) is 21.9. The zero-order valence-corrected chi connectivity index (χ0v) is 17.5. The maximum atomic E-state index is 9.57. The van der Waals surface area contributed by atoms with Gasteiger partial charge in [-0.3, -0.25) is 4.99 Å². The lowest BCUT2D eigenvalue weighted by molar-refractivity contribution is 0.120. The molecule has 0 aromatic heterocycles. The van der Waals surface area contributed by atoms with E-state index in [4.69, 9.17) is 0 Å². The highest BCUT2D eigenvalue weighted by Crippen LogP contribution is 2.18. The molecule has 1 aliphatic rings. The standard InChI is InChI=1S/C17H36N4O.HI/c1-4-18-17(20-15-9-11-16(22)12-10-15)19-13-7-8-14-21(5-2)6-3;/h15-16,22H,4-14H2,1-3H3,(H2,18,19,20);1H. The van der Waals surface area contributed by atoms with E-state index in [2.05, 4.69) is 41.3 Å². The third-order valence-corrected chi connectivity index (χ3v) is 4.43. The molecule has 6 heteroatoms. The Hall–Kier alpha value is -0.0800. The summed E-state index contributed by atoms with van der Waals surface area (Å²) in [5.41, 5.74) is 0. The number of nitrogens with one attached hydrogen (secondary N) is 2. The zero-order chi connectivity index (χ0) is 16.2. The molecular formula is C17H37IN4O. The van der Waals surface area contributed by atoms with E-state index in [1.165, 1.54) is 13.0 Å². The monoisotopic (exact) mass is 440 g/mol. The van der Waals surface area contributed by atoms with E-state index < -0.39 is 0 Å². The second-order valence-electron chi connectivity index (χ2n) is 6.14. The van der Waals surface area contributed by atoms with E-state index in [9.17, 15) is 5.11 Å². The maximum Gasteiger partial charge on any atom is 0.191 e. The number of aliphatic hydroxyl groups excluding tert-OH is 1. The first-order chi connectivity index (χ1) is 10.7. The molecule has 0 atom stereocenters. The van der Waals surface area contributed by atoms with Gasteiger partial charge in [0.1, 0.15) is 0 Å². The van der Waals surface area contributed by atoms with Gasteiger partial charge in [0.25, 0.3) is 0 Å². The van der Waals surface area contributed by atoms with Gasteiger partial charge in [-0.05, 0) is 65.1 Å². The molecule has 1 rings (SSSR count). The van der Waals surface area contributed by atoms with Gasteiger partial charge in [0, 0.05) is 19.1 Å². The minimum Gasteiger partial charge on any atom is -0.393 e. The minimum absolute atomic E-state index is 0. The van der Waals surface area contributed by atoms with E-state index >= 15 is 0 Å². The van der Waals surface area contributed by atoms with Crippen molar-refractivity contribution in [1.29, 1.82) is 0 Å². The van der Waals surface area contributed by atoms with Crippen molar-refractivity contribution in [3.05, 3.63) is 0 Å². The predicted octanol–water partition coefficient (Wildman–Crippen LogP) is 2.59. The Balaban J connectivity index is 0.00000484. The predicted molar refractivity (Wildman–Crippen MR) is 110 cm³/mol. The van der Waals surface area contributed by atoms with Crippen molar-refractivity contribution in [2.45, 2.75) is 71.4 Å². The number of unbranched alkanes of at least 4 members (excludes halogenated alkanes) is 1. The van der Waals surface area contributed by atoms with Gasteiger partial charge in [0.05, 0.1) is 6.10 Å². The summed E-state index contributed by atoms with van der Waals surface area (Å²) in [5, 5.41) is 16.4. The van der Waals surface area contributed by atoms with Crippen molar-refractivity contribution in [3.8, 4) is 0 Å². The second kappa shape index (κ2) is 14.3. The molecule has 0 unspecified atom stereocenters. The molecule has 0 aromatic rings. The average molecular weight is 440 g/mol. The van der Waals surface area contributed by atoms with Crippen molar-refractivity contribution >= 4 is 29.9 Å². The van der Waals surface area contributed by atoms with E-state index in [1.807, 2.05) is 0 Å². The molecule has 0 heterocycles. The highest BCUT2D eigenvalue weighted by molar-refractivity contribution is 14.0. The summed E-state index contributed by atoms with van der Waals surface area (Å²) in [4.78, 5) is 7.15. The Bertz CT molecular complexity index is 303. The molecule has 138 valence electrons. The van der Waals surface area contributed by atoms with Crippen LogP contribution >= 0.6 is 24.0 Å². The number of guanidine groups is 1. The van der Waals surface area contributed by atoms with Gasteiger partial charge >= 0.3 is 0 Å². The Morgan fingerprint density at radius 1 is 1.09 bits per heavy atom. The molecule has 23 heavy (non-hydrogen) atoms. The number of halogens is 1. The van der Waals surface area contributed by atoms with Crippen LogP contribution in [-0.2, 0) is 0 Å². The second-order valence-corrected chi connectivity index (χ2v) is 6.14. The van der Waals surface area contributed by atoms with E-state index in [1.54, 1.807) is 0 Å². The SMILES string of the molecule is CCNC(=NCCCCN(CC)CC)NC1CCC(O)CC1.I. The lowest BCUT2D eigenvalue weighted by atomic mass is 9.93. The first-order valence-corrected chi connectivity index (χ1v) is 9.14. The molecule has 0 spiro atoms. The number of nitrogens with zero attached hydrogens (tertiary/aromatic N) is 2. The fraction of sp³-hybridized carbons (Fsp3) is 0.941. The Labute approximate surface area is 159 Å². The van der Waals surface area contributed by atoms with Crippen molar-refractivity contribution in [1.82, 2.24) is 15.5 Å². The molecule has 1 aliphatic carbocycles. The van der Waals surface area contributed by atoms with Gasteiger partial charge in [-0.15, -0.1) is 24.0 Å². The minimum atomic E-state index is -0.0994. The van der Waals surface area contributed by atoms with Gasteiger partial charge in [0.15, 0.2) is 5.96 Å². The van der Waals surface area contributed by atoms with Crippen LogP contribution in [0.25, 0.3) is 0 Å². The van der Waals surface area contributed by atoms with Gasteiger partial charge in [-0.2, -0.15) is 0 Å². The highest BCUT2D eigenvalue weighted by Gasteiger charge is 2.19. The summed E-state index contributed by atoms with van der Waals surface area (Å²) >= 11 is 0. The molecule has 5 nitrogen and oxygen atoms in total. The first kappa shape index (κ1) is 22.9. The summed E-state index contributed by atoms with van der Waals surface area (Å²) in [7, 11) is 0. The molecule has 0 saturated heterocycles. The largest absolute Gasteiger partial charge is 0.393 e. The van der Waals surface area contributed by atoms with Crippen LogP contribution < -0.4 is 10.6 Å². The Kier molecular flexibility index (Phi) is 14.2.